The number of aliphatic imine (C=N–C) groups is 1. The Morgan fingerprint density at radius 2 is 2.27 bits per heavy atom. The van der Waals surface area contributed by atoms with Crippen LogP contribution in [-0.4, -0.2) is 28.1 Å². The highest BCUT2D eigenvalue weighted by atomic mass is 32.2. The van der Waals surface area contributed by atoms with Crippen molar-refractivity contribution in [2.75, 3.05) is 12.0 Å². The molecule has 0 radical (unpaired) electrons. The number of amidine groups is 1. The van der Waals surface area contributed by atoms with Crippen molar-refractivity contribution in [3.63, 3.8) is 0 Å². The average Bonchev–Trinajstić information content (AvgIpc) is 1.85. The van der Waals surface area contributed by atoms with E-state index in [1.807, 2.05) is 13.8 Å². The third-order valence-corrected chi connectivity index (χ3v) is 2.18. The minimum absolute atomic E-state index is 0.0841. The van der Waals surface area contributed by atoms with Crippen molar-refractivity contribution in [3.05, 3.63) is 0 Å². The predicted molar refractivity (Wildman–Crippen MR) is 50.3 cm³/mol. The molecule has 2 N–H and O–H groups in total. The van der Waals surface area contributed by atoms with E-state index in [9.17, 15) is 4.21 Å². The first-order valence-corrected chi connectivity index (χ1v) is 5.41. The van der Waals surface area contributed by atoms with Crippen molar-refractivity contribution >= 4 is 16.6 Å². The van der Waals surface area contributed by atoms with Crippen molar-refractivity contribution in [1.82, 2.24) is 0 Å². The fraction of sp³-hybridized carbons (Fsp3) is 0.857. The molecule has 0 saturated heterocycles. The highest BCUT2D eigenvalue weighted by Gasteiger charge is 2.01. The van der Waals surface area contributed by atoms with Gasteiger partial charge in [0.15, 0.2) is 0 Å². The van der Waals surface area contributed by atoms with Gasteiger partial charge in [0.25, 0.3) is 0 Å². The Bertz CT molecular complexity index is 168. The summed E-state index contributed by atoms with van der Waals surface area (Å²) in [6.07, 6.45) is 2.44. The number of hydrogen-bond acceptors (Lipinski definition) is 2. The summed E-state index contributed by atoms with van der Waals surface area (Å²) in [6, 6.07) is 0.0841. The van der Waals surface area contributed by atoms with Crippen LogP contribution in [0.25, 0.3) is 0 Å². The Balaban J connectivity index is 3.85. The SMILES string of the molecule is CCC(N)=NC(C)CS(C)=O. The largest absolute Gasteiger partial charge is 0.387 e. The lowest BCUT2D eigenvalue weighted by atomic mass is 10.4. The van der Waals surface area contributed by atoms with Crippen molar-refractivity contribution in [2.45, 2.75) is 26.3 Å². The molecule has 0 heterocycles. The van der Waals surface area contributed by atoms with Crippen LogP contribution in [0.5, 0.6) is 0 Å². The standard InChI is InChI=1S/C7H16N2OS/c1-4-7(8)9-6(2)5-11(3)10/h6H,4-5H2,1-3H3,(H2,8,9). The van der Waals surface area contributed by atoms with Gasteiger partial charge >= 0.3 is 0 Å². The second kappa shape index (κ2) is 5.29. The molecule has 3 nitrogen and oxygen atoms in total. The highest BCUT2D eigenvalue weighted by Crippen LogP contribution is 1.93. The van der Waals surface area contributed by atoms with E-state index in [4.69, 9.17) is 5.73 Å². The Labute approximate surface area is 70.5 Å². The molecule has 66 valence electrons. The maximum atomic E-state index is 10.7. The second-order valence-electron chi connectivity index (χ2n) is 2.56. The number of nitrogens with zero attached hydrogens (tertiary/aromatic N) is 1. The molecule has 0 bridgehead atoms. The minimum Gasteiger partial charge on any atom is -0.387 e. The molecular formula is C7H16N2OS. The molecule has 0 fully saturated rings. The van der Waals surface area contributed by atoms with Gasteiger partial charge in [-0.05, 0) is 6.92 Å². The van der Waals surface area contributed by atoms with Gasteiger partial charge in [0.2, 0.25) is 0 Å². The molecule has 0 aromatic carbocycles. The van der Waals surface area contributed by atoms with Gasteiger partial charge < -0.3 is 5.73 Å². The van der Waals surface area contributed by atoms with Crippen LogP contribution < -0.4 is 5.73 Å². The van der Waals surface area contributed by atoms with Gasteiger partial charge in [-0.25, -0.2) is 0 Å². The number of hydrogen-bond donors (Lipinski definition) is 1. The van der Waals surface area contributed by atoms with Gasteiger partial charge in [-0.2, -0.15) is 0 Å². The molecule has 0 aliphatic heterocycles. The predicted octanol–water partition coefficient (Wildman–Crippen LogP) is 0.521. The van der Waals surface area contributed by atoms with Crippen LogP contribution in [0.3, 0.4) is 0 Å². The van der Waals surface area contributed by atoms with Crippen LogP contribution in [0.2, 0.25) is 0 Å². The molecule has 2 unspecified atom stereocenters. The monoisotopic (exact) mass is 176 g/mol. The summed E-state index contributed by atoms with van der Waals surface area (Å²) < 4.78 is 10.7. The third kappa shape index (κ3) is 6.04. The van der Waals surface area contributed by atoms with E-state index in [1.54, 1.807) is 6.26 Å². The maximum absolute atomic E-state index is 10.7. The Hall–Kier alpha value is -0.380. The van der Waals surface area contributed by atoms with Gasteiger partial charge in [-0.3, -0.25) is 9.20 Å². The van der Waals surface area contributed by atoms with E-state index in [2.05, 4.69) is 4.99 Å². The molecule has 0 rings (SSSR count). The average molecular weight is 176 g/mol. The zero-order valence-electron chi connectivity index (χ0n) is 7.33. The molecule has 0 amide bonds. The van der Waals surface area contributed by atoms with Crippen LogP contribution >= 0.6 is 0 Å². The van der Waals surface area contributed by atoms with Gasteiger partial charge in [-0.1, -0.05) is 6.92 Å². The number of nitrogens with two attached hydrogens (primary N) is 1. The normalized spacial score (nSPS) is 17.9. The molecule has 4 heteroatoms. The minimum atomic E-state index is -0.777. The number of rotatable bonds is 4. The van der Waals surface area contributed by atoms with E-state index in [0.29, 0.717) is 11.6 Å². The molecule has 2 atom stereocenters. The zero-order valence-corrected chi connectivity index (χ0v) is 8.15. The second-order valence-corrected chi connectivity index (χ2v) is 4.04. The van der Waals surface area contributed by atoms with Crippen LogP contribution in [0.1, 0.15) is 20.3 Å². The van der Waals surface area contributed by atoms with Crippen LogP contribution in [-0.2, 0) is 10.8 Å². The van der Waals surface area contributed by atoms with Crippen molar-refractivity contribution < 1.29 is 4.21 Å². The molecule has 0 spiro atoms. The van der Waals surface area contributed by atoms with Crippen molar-refractivity contribution in [1.29, 1.82) is 0 Å². The first-order valence-electron chi connectivity index (χ1n) is 3.68. The van der Waals surface area contributed by atoms with E-state index in [-0.39, 0.29) is 6.04 Å². The molecule has 0 aliphatic carbocycles. The van der Waals surface area contributed by atoms with Crippen LogP contribution in [0.15, 0.2) is 4.99 Å². The first-order chi connectivity index (χ1) is 5.06. The maximum Gasteiger partial charge on any atom is 0.0937 e. The van der Waals surface area contributed by atoms with Crippen molar-refractivity contribution in [3.8, 4) is 0 Å². The molecular weight excluding hydrogens is 160 g/mol. The third-order valence-electron chi connectivity index (χ3n) is 1.22. The fourth-order valence-electron chi connectivity index (χ4n) is 0.751. The first kappa shape index (κ1) is 10.6. The fourth-order valence-corrected chi connectivity index (χ4v) is 1.51. The molecule has 0 aromatic heterocycles. The summed E-state index contributed by atoms with van der Waals surface area (Å²) in [5, 5.41) is 0. The van der Waals surface area contributed by atoms with Gasteiger partial charge in [0, 0.05) is 29.2 Å². The van der Waals surface area contributed by atoms with E-state index in [1.165, 1.54) is 0 Å². The lowest BCUT2D eigenvalue weighted by molar-refractivity contribution is 0.680. The molecule has 0 saturated carbocycles. The van der Waals surface area contributed by atoms with Crippen LogP contribution in [0.4, 0.5) is 0 Å². The lowest BCUT2D eigenvalue weighted by Gasteiger charge is -2.04. The summed E-state index contributed by atoms with van der Waals surface area (Å²) in [4.78, 5) is 4.14. The van der Waals surface area contributed by atoms with Crippen LogP contribution in [0, 0.1) is 0 Å². The van der Waals surface area contributed by atoms with E-state index in [0.717, 1.165) is 6.42 Å². The Morgan fingerprint density at radius 3 is 2.64 bits per heavy atom. The summed E-state index contributed by atoms with van der Waals surface area (Å²) in [7, 11) is -0.777. The lowest BCUT2D eigenvalue weighted by Crippen LogP contribution is -2.17. The summed E-state index contributed by atoms with van der Waals surface area (Å²) in [5.41, 5.74) is 5.50. The summed E-state index contributed by atoms with van der Waals surface area (Å²) >= 11 is 0. The molecule has 0 aliphatic rings. The summed E-state index contributed by atoms with van der Waals surface area (Å²) in [5.74, 6) is 1.24. The Kier molecular flexibility index (Phi) is 5.11. The van der Waals surface area contributed by atoms with E-state index < -0.39 is 10.8 Å². The van der Waals surface area contributed by atoms with Gasteiger partial charge in [-0.15, -0.1) is 0 Å². The topological polar surface area (TPSA) is 55.4 Å². The smallest absolute Gasteiger partial charge is 0.0937 e. The van der Waals surface area contributed by atoms with Gasteiger partial charge in [0.1, 0.15) is 0 Å². The zero-order chi connectivity index (χ0) is 8.85. The quantitative estimate of drug-likeness (QED) is 0.501. The van der Waals surface area contributed by atoms with E-state index >= 15 is 0 Å². The van der Waals surface area contributed by atoms with Crippen molar-refractivity contribution in [2.24, 2.45) is 10.7 Å². The highest BCUT2D eigenvalue weighted by molar-refractivity contribution is 7.84. The van der Waals surface area contributed by atoms with Gasteiger partial charge in [0.05, 0.1) is 11.9 Å². The molecule has 0 aromatic rings. The molecule has 11 heavy (non-hydrogen) atoms. The Morgan fingerprint density at radius 1 is 1.73 bits per heavy atom. The summed E-state index contributed by atoms with van der Waals surface area (Å²) in [6.45, 7) is 3.87.